The van der Waals surface area contributed by atoms with Crippen LogP contribution in [0, 0.1) is 5.82 Å². The van der Waals surface area contributed by atoms with E-state index in [1.165, 1.54) is 25.0 Å². The van der Waals surface area contributed by atoms with Gasteiger partial charge in [0.05, 0.1) is 0 Å². The molecule has 1 N–H and O–H groups in total. The molecule has 2 aliphatic rings. The fourth-order valence-corrected chi connectivity index (χ4v) is 3.02. The molecule has 2 fully saturated rings. The monoisotopic (exact) mass is 276 g/mol. The van der Waals surface area contributed by atoms with Gasteiger partial charge in [0.25, 0.3) is 0 Å². The van der Waals surface area contributed by atoms with Crippen molar-refractivity contribution >= 4 is 5.91 Å². The Morgan fingerprint density at radius 2 is 2.05 bits per heavy atom. The summed E-state index contributed by atoms with van der Waals surface area (Å²) in [6.07, 6.45) is 3.81. The minimum absolute atomic E-state index is 0.198. The zero-order valence-corrected chi connectivity index (χ0v) is 11.8. The van der Waals surface area contributed by atoms with Crippen molar-refractivity contribution in [1.82, 2.24) is 10.2 Å². The summed E-state index contributed by atoms with van der Waals surface area (Å²) in [5.41, 5.74) is 1.12. The van der Waals surface area contributed by atoms with E-state index in [4.69, 9.17) is 0 Å². The van der Waals surface area contributed by atoms with Crippen LogP contribution in [0.3, 0.4) is 0 Å². The number of hydrogen-bond acceptors (Lipinski definition) is 2. The number of nitrogens with one attached hydrogen (secondary N) is 1. The number of likely N-dealkylation sites (tertiary alicyclic amines) is 1. The standard InChI is InChI=1S/C16H21FN2O/c1-11(8-12-2-4-13(17)5-3-12)18-14-9-16(20)19(10-14)15-6-7-15/h2-5,11,14-15,18H,6-10H2,1H3/t11-,14-/m0/s1. The molecular weight excluding hydrogens is 255 g/mol. The fraction of sp³-hybridized carbons (Fsp3) is 0.562. The quantitative estimate of drug-likeness (QED) is 0.893. The first-order valence-electron chi connectivity index (χ1n) is 7.42. The van der Waals surface area contributed by atoms with E-state index in [-0.39, 0.29) is 17.9 Å². The van der Waals surface area contributed by atoms with Crippen molar-refractivity contribution in [2.45, 2.75) is 50.7 Å². The van der Waals surface area contributed by atoms with Crippen LogP contribution >= 0.6 is 0 Å². The van der Waals surface area contributed by atoms with Crippen molar-refractivity contribution in [2.75, 3.05) is 6.54 Å². The lowest BCUT2D eigenvalue weighted by Gasteiger charge is -2.20. The van der Waals surface area contributed by atoms with Gasteiger partial charge in [0.15, 0.2) is 0 Å². The summed E-state index contributed by atoms with van der Waals surface area (Å²) in [5, 5.41) is 3.53. The Morgan fingerprint density at radius 1 is 1.35 bits per heavy atom. The zero-order chi connectivity index (χ0) is 14.1. The van der Waals surface area contributed by atoms with E-state index < -0.39 is 0 Å². The second-order valence-electron chi connectivity index (χ2n) is 6.08. The Kier molecular flexibility index (Phi) is 3.74. The van der Waals surface area contributed by atoms with E-state index in [1.54, 1.807) is 0 Å². The number of rotatable bonds is 5. The maximum absolute atomic E-state index is 12.9. The van der Waals surface area contributed by atoms with Gasteiger partial charge in [-0.2, -0.15) is 0 Å². The summed E-state index contributed by atoms with van der Waals surface area (Å²) in [6.45, 7) is 2.96. The van der Waals surface area contributed by atoms with Crippen LogP contribution in [0.4, 0.5) is 4.39 Å². The maximum atomic E-state index is 12.9. The number of carbonyl (C=O) groups excluding carboxylic acids is 1. The molecule has 0 radical (unpaired) electrons. The van der Waals surface area contributed by atoms with Crippen molar-refractivity contribution in [1.29, 1.82) is 0 Å². The molecule has 1 aliphatic carbocycles. The molecule has 0 spiro atoms. The highest BCUT2D eigenvalue weighted by atomic mass is 19.1. The lowest BCUT2D eigenvalue weighted by molar-refractivity contribution is -0.128. The molecule has 3 rings (SSSR count). The molecule has 1 aromatic rings. The van der Waals surface area contributed by atoms with E-state index >= 15 is 0 Å². The summed E-state index contributed by atoms with van der Waals surface area (Å²) in [4.78, 5) is 13.9. The summed E-state index contributed by atoms with van der Waals surface area (Å²) < 4.78 is 12.9. The number of nitrogens with zero attached hydrogens (tertiary/aromatic N) is 1. The van der Waals surface area contributed by atoms with Gasteiger partial charge in [-0.1, -0.05) is 12.1 Å². The summed E-state index contributed by atoms with van der Waals surface area (Å²) in [5.74, 6) is 0.0924. The SMILES string of the molecule is C[C@@H](Cc1ccc(F)cc1)N[C@H]1CC(=O)N(C2CC2)C1. The van der Waals surface area contributed by atoms with Crippen LogP contribution in [-0.4, -0.2) is 35.5 Å². The molecule has 1 aromatic carbocycles. The van der Waals surface area contributed by atoms with Gasteiger partial charge in [-0.05, 0) is 43.9 Å². The molecule has 1 aliphatic heterocycles. The van der Waals surface area contributed by atoms with Crippen molar-refractivity contribution in [2.24, 2.45) is 0 Å². The first-order valence-corrected chi connectivity index (χ1v) is 7.42. The molecule has 1 saturated heterocycles. The average molecular weight is 276 g/mol. The molecule has 0 aromatic heterocycles. The van der Waals surface area contributed by atoms with E-state index in [0.717, 1.165) is 18.5 Å². The van der Waals surface area contributed by atoms with Crippen LogP contribution < -0.4 is 5.32 Å². The molecule has 3 nitrogen and oxygen atoms in total. The Balaban J connectivity index is 1.50. The normalized spacial score (nSPS) is 24.2. The molecule has 1 saturated carbocycles. The number of carbonyl (C=O) groups is 1. The van der Waals surface area contributed by atoms with Crippen LogP contribution in [0.2, 0.25) is 0 Å². The molecule has 20 heavy (non-hydrogen) atoms. The van der Waals surface area contributed by atoms with E-state index in [9.17, 15) is 9.18 Å². The van der Waals surface area contributed by atoms with Gasteiger partial charge in [-0.25, -0.2) is 4.39 Å². The van der Waals surface area contributed by atoms with Gasteiger partial charge in [0.2, 0.25) is 5.91 Å². The summed E-state index contributed by atoms with van der Waals surface area (Å²) >= 11 is 0. The molecule has 0 bridgehead atoms. The third-order valence-corrected chi connectivity index (χ3v) is 4.12. The zero-order valence-electron chi connectivity index (χ0n) is 11.8. The van der Waals surface area contributed by atoms with Gasteiger partial charge in [0, 0.05) is 31.1 Å². The molecule has 1 heterocycles. The van der Waals surface area contributed by atoms with Crippen molar-refractivity contribution < 1.29 is 9.18 Å². The summed E-state index contributed by atoms with van der Waals surface area (Å²) in [7, 11) is 0. The Hall–Kier alpha value is -1.42. The Morgan fingerprint density at radius 3 is 2.70 bits per heavy atom. The number of hydrogen-bond donors (Lipinski definition) is 1. The average Bonchev–Trinajstić information content (AvgIpc) is 3.17. The van der Waals surface area contributed by atoms with Gasteiger partial charge >= 0.3 is 0 Å². The minimum atomic E-state index is -0.198. The van der Waals surface area contributed by atoms with Crippen molar-refractivity contribution in [3.05, 3.63) is 35.6 Å². The molecule has 2 atom stereocenters. The second kappa shape index (κ2) is 5.52. The molecule has 108 valence electrons. The van der Waals surface area contributed by atoms with Crippen molar-refractivity contribution in [3.63, 3.8) is 0 Å². The van der Waals surface area contributed by atoms with Crippen LogP contribution in [0.25, 0.3) is 0 Å². The van der Waals surface area contributed by atoms with E-state index in [2.05, 4.69) is 12.2 Å². The van der Waals surface area contributed by atoms with E-state index in [1.807, 2.05) is 17.0 Å². The third-order valence-electron chi connectivity index (χ3n) is 4.12. The summed E-state index contributed by atoms with van der Waals surface area (Å²) in [6, 6.07) is 7.71. The lowest BCUT2D eigenvalue weighted by atomic mass is 10.1. The highest BCUT2D eigenvalue weighted by Crippen LogP contribution is 2.30. The third kappa shape index (κ3) is 3.18. The van der Waals surface area contributed by atoms with E-state index in [0.29, 0.717) is 18.4 Å². The van der Waals surface area contributed by atoms with Crippen molar-refractivity contribution in [3.8, 4) is 0 Å². The van der Waals surface area contributed by atoms with Crippen LogP contribution in [0.15, 0.2) is 24.3 Å². The first-order chi connectivity index (χ1) is 9.61. The smallest absolute Gasteiger partial charge is 0.224 e. The van der Waals surface area contributed by atoms with Gasteiger partial charge in [-0.15, -0.1) is 0 Å². The first kappa shape index (κ1) is 13.6. The van der Waals surface area contributed by atoms with Gasteiger partial charge in [0.1, 0.15) is 5.82 Å². The topological polar surface area (TPSA) is 32.3 Å². The highest BCUT2D eigenvalue weighted by molar-refractivity contribution is 5.80. The lowest BCUT2D eigenvalue weighted by Crippen LogP contribution is -2.40. The molecular formula is C16H21FN2O. The second-order valence-corrected chi connectivity index (χ2v) is 6.08. The van der Waals surface area contributed by atoms with Gasteiger partial charge < -0.3 is 10.2 Å². The van der Waals surface area contributed by atoms with Crippen LogP contribution in [0.5, 0.6) is 0 Å². The number of benzene rings is 1. The predicted molar refractivity (Wildman–Crippen MR) is 75.8 cm³/mol. The Labute approximate surface area is 119 Å². The van der Waals surface area contributed by atoms with Crippen LogP contribution in [0.1, 0.15) is 31.7 Å². The Bertz CT molecular complexity index is 484. The largest absolute Gasteiger partial charge is 0.338 e. The highest BCUT2D eigenvalue weighted by Gasteiger charge is 2.39. The molecule has 0 unspecified atom stereocenters. The number of halogens is 1. The predicted octanol–water partition coefficient (Wildman–Crippen LogP) is 2.11. The van der Waals surface area contributed by atoms with Crippen LogP contribution in [-0.2, 0) is 11.2 Å². The fourth-order valence-electron chi connectivity index (χ4n) is 3.02. The molecule has 4 heteroatoms. The minimum Gasteiger partial charge on any atom is -0.338 e. The molecule has 1 amide bonds. The van der Waals surface area contributed by atoms with Gasteiger partial charge in [-0.3, -0.25) is 4.79 Å². The maximum Gasteiger partial charge on any atom is 0.224 e. The number of amides is 1.